The molecule has 19 heavy (non-hydrogen) atoms. The van der Waals surface area contributed by atoms with Crippen LogP contribution in [0.4, 0.5) is 9.52 Å². The molecule has 0 saturated carbocycles. The van der Waals surface area contributed by atoms with Gasteiger partial charge in [-0.05, 0) is 19.1 Å². The van der Waals surface area contributed by atoms with E-state index in [2.05, 4.69) is 14.1 Å². The maximum absolute atomic E-state index is 13.4. The van der Waals surface area contributed by atoms with E-state index in [1.54, 1.807) is 6.92 Å². The fraction of sp³-hybridized carbons (Fsp3) is 0.100. The monoisotopic (exact) mass is 298 g/mol. The number of aromatic nitrogens is 2. The SMILES string of the molecule is Cc1nsc(NS(=O)(=O)c2cccc(F)c2C#N)n1. The minimum Gasteiger partial charge on any atom is -0.253 e. The Kier molecular flexibility index (Phi) is 3.46. The lowest BCUT2D eigenvalue weighted by Crippen LogP contribution is -2.15. The maximum Gasteiger partial charge on any atom is 0.265 e. The van der Waals surface area contributed by atoms with Crippen molar-refractivity contribution in [3.8, 4) is 6.07 Å². The molecule has 0 aliphatic rings. The third-order valence-corrected chi connectivity index (χ3v) is 4.36. The summed E-state index contributed by atoms with van der Waals surface area (Å²) in [7, 11) is -4.07. The highest BCUT2D eigenvalue weighted by Crippen LogP contribution is 2.22. The Bertz CT molecular complexity index is 764. The van der Waals surface area contributed by atoms with Gasteiger partial charge in [-0.15, -0.1) is 0 Å². The van der Waals surface area contributed by atoms with Crippen molar-refractivity contribution < 1.29 is 12.8 Å². The van der Waals surface area contributed by atoms with Crippen molar-refractivity contribution in [3.63, 3.8) is 0 Å². The van der Waals surface area contributed by atoms with Crippen LogP contribution in [-0.2, 0) is 10.0 Å². The summed E-state index contributed by atoms with van der Waals surface area (Å²) in [5.74, 6) is -0.471. The van der Waals surface area contributed by atoms with Crippen LogP contribution in [0.3, 0.4) is 0 Å². The van der Waals surface area contributed by atoms with Crippen LogP contribution >= 0.6 is 11.5 Å². The van der Waals surface area contributed by atoms with E-state index in [0.717, 1.165) is 23.7 Å². The quantitative estimate of drug-likeness (QED) is 0.929. The minimum atomic E-state index is -4.07. The molecule has 0 spiro atoms. The first-order valence-corrected chi connectivity index (χ1v) is 7.21. The third kappa shape index (κ3) is 2.69. The van der Waals surface area contributed by atoms with Gasteiger partial charge in [0.15, 0.2) is 0 Å². The van der Waals surface area contributed by atoms with Crippen LogP contribution in [0, 0.1) is 24.1 Å². The van der Waals surface area contributed by atoms with Crippen LogP contribution in [0.25, 0.3) is 0 Å². The topological polar surface area (TPSA) is 95.7 Å². The summed E-state index contributed by atoms with van der Waals surface area (Å²) >= 11 is 0.861. The van der Waals surface area contributed by atoms with Gasteiger partial charge in [0, 0.05) is 11.5 Å². The van der Waals surface area contributed by atoms with Gasteiger partial charge in [0.05, 0.1) is 0 Å². The molecule has 0 fully saturated rings. The predicted molar refractivity (Wildman–Crippen MR) is 66.6 cm³/mol. The fourth-order valence-electron chi connectivity index (χ4n) is 1.35. The highest BCUT2D eigenvalue weighted by atomic mass is 32.2. The number of aryl methyl sites for hydroxylation is 1. The molecule has 2 rings (SSSR count). The van der Waals surface area contributed by atoms with E-state index in [-0.39, 0.29) is 5.13 Å². The Hall–Kier alpha value is -2.05. The summed E-state index contributed by atoms with van der Waals surface area (Å²) in [6, 6.07) is 4.92. The molecular formula is C10H7FN4O2S2. The second kappa shape index (κ2) is 4.91. The predicted octanol–water partition coefficient (Wildman–Crippen LogP) is 1.66. The fourth-order valence-corrected chi connectivity index (χ4v) is 3.31. The molecule has 0 unspecified atom stereocenters. The van der Waals surface area contributed by atoms with Crippen molar-refractivity contribution in [2.75, 3.05) is 4.72 Å². The molecule has 9 heteroatoms. The zero-order chi connectivity index (χ0) is 14.0. The molecule has 0 aliphatic heterocycles. The van der Waals surface area contributed by atoms with Crippen molar-refractivity contribution in [3.05, 3.63) is 35.4 Å². The number of halogens is 1. The van der Waals surface area contributed by atoms with E-state index in [1.165, 1.54) is 12.1 Å². The molecule has 0 aliphatic carbocycles. The summed E-state index contributed by atoms with van der Waals surface area (Å²) < 4.78 is 43.5. The molecule has 98 valence electrons. The van der Waals surface area contributed by atoms with Crippen molar-refractivity contribution in [2.24, 2.45) is 0 Å². The molecule has 0 radical (unpaired) electrons. The summed E-state index contributed by atoms with van der Waals surface area (Å²) in [6.07, 6.45) is 0. The maximum atomic E-state index is 13.4. The molecule has 1 heterocycles. The number of nitrogens with zero attached hydrogens (tertiary/aromatic N) is 3. The van der Waals surface area contributed by atoms with E-state index < -0.39 is 26.3 Å². The van der Waals surface area contributed by atoms with Gasteiger partial charge in [-0.2, -0.15) is 9.64 Å². The molecule has 0 atom stereocenters. The van der Waals surface area contributed by atoms with Crippen molar-refractivity contribution in [1.29, 1.82) is 5.26 Å². The standard InChI is InChI=1S/C10H7FN4O2S2/c1-6-13-10(18-14-6)15-19(16,17)9-4-2-3-8(11)7(9)5-12/h2-4H,1H3,(H,13,14,15). The average molecular weight is 298 g/mol. The summed E-state index contributed by atoms with van der Waals surface area (Å²) in [5, 5.41) is 8.89. The number of benzene rings is 1. The van der Waals surface area contributed by atoms with Crippen LogP contribution in [0.5, 0.6) is 0 Å². The van der Waals surface area contributed by atoms with Crippen molar-refractivity contribution in [2.45, 2.75) is 11.8 Å². The molecule has 1 aromatic heterocycles. The summed E-state index contributed by atoms with van der Waals surface area (Å²) in [5.41, 5.74) is -0.531. The summed E-state index contributed by atoms with van der Waals surface area (Å²) in [4.78, 5) is 3.41. The Morgan fingerprint density at radius 2 is 2.21 bits per heavy atom. The smallest absolute Gasteiger partial charge is 0.253 e. The van der Waals surface area contributed by atoms with Gasteiger partial charge < -0.3 is 0 Å². The molecule has 0 amide bonds. The zero-order valence-corrected chi connectivity index (χ0v) is 11.2. The van der Waals surface area contributed by atoms with E-state index in [9.17, 15) is 12.8 Å². The van der Waals surface area contributed by atoms with Crippen molar-refractivity contribution in [1.82, 2.24) is 9.36 Å². The normalized spacial score (nSPS) is 11.0. The van der Waals surface area contributed by atoms with E-state index in [1.807, 2.05) is 0 Å². The first-order chi connectivity index (χ1) is 8.94. The molecule has 0 bridgehead atoms. The largest absolute Gasteiger partial charge is 0.265 e. The number of nitrogens with one attached hydrogen (secondary N) is 1. The van der Waals surface area contributed by atoms with Crippen LogP contribution < -0.4 is 4.72 Å². The van der Waals surface area contributed by atoms with E-state index in [0.29, 0.717) is 5.82 Å². The third-order valence-electron chi connectivity index (χ3n) is 2.13. The number of nitriles is 1. The van der Waals surface area contributed by atoms with Crippen LogP contribution in [-0.4, -0.2) is 17.8 Å². The van der Waals surface area contributed by atoms with Gasteiger partial charge >= 0.3 is 0 Å². The number of anilines is 1. The van der Waals surface area contributed by atoms with Crippen LogP contribution in [0.1, 0.15) is 11.4 Å². The van der Waals surface area contributed by atoms with Gasteiger partial charge in [0.25, 0.3) is 10.0 Å². The van der Waals surface area contributed by atoms with Gasteiger partial charge in [-0.25, -0.2) is 17.8 Å². The lowest BCUT2D eigenvalue weighted by Gasteiger charge is -2.06. The molecular weight excluding hydrogens is 291 g/mol. The van der Waals surface area contributed by atoms with E-state index >= 15 is 0 Å². The molecule has 1 aromatic carbocycles. The van der Waals surface area contributed by atoms with Gasteiger partial charge in [0.2, 0.25) is 5.13 Å². The number of rotatable bonds is 3. The summed E-state index contributed by atoms with van der Waals surface area (Å²) in [6.45, 7) is 1.61. The number of sulfonamides is 1. The second-order valence-electron chi connectivity index (χ2n) is 3.48. The second-order valence-corrected chi connectivity index (χ2v) is 5.88. The molecule has 0 saturated heterocycles. The average Bonchev–Trinajstić information content (AvgIpc) is 2.73. The molecule has 2 aromatic rings. The zero-order valence-electron chi connectivity index (χ0n) is 9.58. The Morgan fingerprint density at radius 1 is 1.47 bits per heavy atom. The first kappa shape index (κ1) is 13.4. The highest BCUT2D eigenvalue weighted by molar-refractivity contribution is 7.93. The lowest BCUT2D eigenvalue weighted by atomic mass is 10.2. The minimum absolute atomic E-state index is 0.0608. The van der Waals surface area contributed by atoms with Gasteiger partial charge in [-0.1, -0.05) is 6.07 Å². The highest BCUT2D eigenvalue weighted by Gasteiger charge is 2.22. The number of hydrogen-bond donors (Lipinski definition) is 1. The van der Waals surface area contributed by atoms with E-state index in [4.69, 9.17) is 5.26 Å². The van der Waals surface area contributed by atoms with Crippen LogP contribution in [0.15, 0.2) is 23.1 Å². The Morgan fingerprint density at radius 3 is 2.79 bits per heavy atom. The molecule has 6 nitrogen and oxygen atoms in total. The lowest BCUT2D eigenvalue weighted by molar-refractivity contribution is 0.593. The Balaban J connectivity index is 2.46. The number of hydrogen-bond acceptors (Lipinski definition) is 6. The Labute approximate surface area is 112 Å². The van der Waals surface area contributed by atoms with Crippen LogP contribution in [0.2, 0.25) is 0 Å². The van der Waals surface area contributed by atoms with Gasteiger partial charge in [0.1, 0.15) is 28.2 Å². The van der Waals surface area contributed by atoms with Gasteiger partial charge in [-0.3, -0.25) is 4.72 Å². The first-order valence-electron chi connectivity index (χ1n) is 4.96. The molecule has 1 N–H and O–H groups in total. The van der Waals surface area contributed by atoms with Crippen molar-refractivity contribution >= 4 is 26.7 Å².